The summed E-state index contributed by atoms with van der Waals surface area (Å²) in [6.45, 7) is 0. The predicted molar refractivity (Wildman–Crippen MR) is 53.7 cm³/mol. The highest BCUT2D eigenvalue weighted by atomic mass is 31.1. The van der Waals surface area contributed by atoms with Gasteiger partial charge in [0.05, 0.1) is 7.11 Å². The number of methoxy groups -OCH3 is 1. The van der Waals surface area contributed by atoms with E-state index in [2.05, 4.69) is 4.52 Å². The van der Waals surface area contributed by atoms with Crippen molar-refractivity contribution in [2.45, 2.75) is 0 Å². The van der Waals surface area contributed by atoms with Crippen LogP contribution in [0.25, 0.3) is 6.08 Å². The van der Waals surface area contributed by atoms with Crippen molar-refractivity contribution in [2.75, 3.05) is 7.11 Å². The molecule has 0 aromatic heterocycles. The average Bonchev–Trinajstić information content (AvgIpc) is 2.17. The van der Waals surface area contributed by atoms with Crippen LogP contribution >= 0.6 is 8.25 Å². The van der Waals surface area contributed by atoms with Crippen LogP contribution in [-0.4, -0.2) is 12.0 Å². The standard InChI is InChI=1S/C9H11O4P/c1-12-9(13-14(10)11)7-8-5-3-2-4-6-8/h2-7,14H,1H3,(H,10,11). The number of hydrogen-bond donors (Lipinski definition) is 1. The SMILES string of the molecule is COC(=Cc1ccccc1)O[PH](=O)O. The molecular formula is C9H11O4P. The number of rotatable bonds is 4. The van der Waals surface area contributed by atoms with E-state index in [9.17, 15) is 4.57 Å². The van der Waals surface area contributed by atoms with E-state index in [0.717, 1.165) is 5.56 Å². The molecule has 0 aliphatic carbocycles. The second-order valence-corrected chi connectivity index (χ2v) is 3.18. The first-order valence-corrected chi connectivity index (χ1v) is 5.20. The molecule has 0 saturated carbocycles. The zero-order valence-electron chi connectivity index (χ0n) is 7.64. The fraction of sp³-hybridized carbons (Fsp3) is 0.111. The van der Waals surface area contributed by atoms with Crippen molar-refractivity contribution in [3.8, 4) is 0 Å². The lowest BCUT2D eigenvalue weighted by Gasteiger charge is -2.04. The number of ether oxygens (including phenoxy) is 1. The summed E-state index contributed by atoms with van der Waals surface area (Å²) in [6, 6.07) is 9.23. The molecule has 0 aliphatic rings. The van der Waals surface area contributed by atoms with Crippen LogP contribution in [0.15, 0.2) is 36.3 Å². The topological polar surface area (TPSA) is 55.8 Å². The number of hydrogen-bond acceptors (Lipinski definition) is 3. The molecule has 1 atom stereocenters. The summed E-state index contributed by atoms with van der Waals surface area (Å²) in [5.41, 5.74) is 0.840. The third-order valence-corrected chi connectivity index (χ3v) is 1.85. The van der Waals surface area contributed by atoms with Crippen molar-refractivity contribution < 1.29 is 18.7 Å². The molecule has 0 bridgehead atoms. The summed E-state index contributed by atoms with van der Waals surface area (Å²) in [7, 11) is -1.63. The van der Waals surface area contributed by atoms with Gasteiger partial charge in [-0.2, -0.15) is 0 Å². The Bertz CT molecular complexity index is 334. The lowest BCUT2D eigenvalue weighted by Crippen LogP contribution is -1.87. The van der Waals surface area contributed by atoms with Gasteiger partial charge < -0.3 is 14.2 Å². The molecular weight excluding hydrogens is 203 g/mol. The van der Waals surface area contributed by atoms with E-state index in [1.807, 2.05) is 30.3 Å². The molecule has 1 unspecified atom stereocenters. The molecule has 1 aromatic carbocycles. The van der Waals surface area contributed by atoms with E-state index in [1.54, 1.807) is 6.08 Å². The molecule has 0 heterocycles. The molecule has 0 fully saturated rings. The van der Waals surface area contributed by atoms with Crippen LogP contribution in [0, 0.1) is 0 Å². The fourth-order valence-electron chi connectivity index (χ4n) is 0.901. The molecule has 14 heavy (non-hydrogen) atoms. The maximum Gasteiger partial charge on any atom is 0.367 e. The van der Waals surface area contributed by atoms with Crippen LogP contribution in [0.3, 0.4) is 0 Å². The Morgan fingerprint density at radius 1 is 1.43 bits per heavy atom. The summed E-state index contributed by atoms with van der Waals surface area (Å²) < 4.78 is 19.7. The minimum absolute atomic E-state index is 0.0302. The molecule has 4 nitrogen and oxygen atoms in total. The second kappa shape index (κ2) is 5.47. The lowest BCUT2D eigenvalue weighted by atomic mass is 10.2. The normalized spacial score (nSPS) is 13.4. The Morgan fingerprint density at radius 3 is 2.57 bits per heavy atom. The molecule has 5 heteroatoms. The Hall–Kier alpha value is -1.25. The van der Waals surface area contributed by atoms with E-state index in [1.165, 1.54) is 7.11 Å². The van der Waals surface area contributed by atoms with Gasteiger partial charge in [-0.1, -0.05) is 30.3 Å². The quantitative estimate of drug-likeness (QED) is 0.615. The van der Waals surface area contributed by atoms with Crippen LogP contribution in [-0.2, 0) is 13.8 Å². The maximum atomic E-state index is 10.4. The third kappa shape index (κ3) is 3.64. The first-order valence-electron chi connectivity index (χ1n) is 3.94. The Labute approximate surface area is 82.7 Å². The largest absolute Gasteiger partial charge is 0.469 e. The monoisotopic (exact) mass is 214 g/mol. The zero-order valence-corrected chi connectivity index (χ0v) is 8.64. The molecule has 1 aromatic rings. The molecule has 76 valence electrons. The molecule has 0 saturated heterocycles. The highest BCUT2D eigenvalue weighted by Gasteiger charge is 2.00. The van der Waals surface area contributed by atoms with Crippen molar-refractivity contribution >= 4 is 14.3 Å². The van der Waals surface area contributed by atoms with Crippen LogP contribution in [0.5, 0.6) is 0 Å². The third-order valence-electron chi connectivity index (χ3n) is 1.47. The molecule has 1 N–H and O–H groups in total. The van der Waals surface area contributed by atoms with Crippen LogP contribution in [0.1, 0.15) is 5.56 Å². The summed E-state index contributed by atoms with van der Waals surface area (Å²) in [5.74, 6) is 0.0302. The summed E-state index contributed by atoms with van der Waals surface area (Å²) >= 11 is 0. The van der Waals surface area contributed by atoms with Gasteiger partial charge in [0.2, 0.25) is 0 Å². The Kier molecular flexibility index (Phi) is 4.23. The smallest absolute Gasteiger partial charge is 0.367 e. The molecule has 0 aliphatic heterocycles. The van der Waals surface area contributed by atoms with Crippen LogP contribution in [0.2, 0.25) is 0 Å². The highest BCUT2D eigenvalue weighted by molar-refractivity contribution is 7.32. The van der Waals surface area contributed by atoms with Crippen LogP contribution < -0.4 is 0 Å². The van der Waals surface area contributed by atoms with Gasteiger partial charge in [0.15, 0.2) is 0 Å². The highest BCUT2D eigenvalue weighted by Crippen LogP contribution is 2.22. The van der Waals surface area contributed by atoms with Crippen molar-refractivity contribution in [1.82, 2.24) is 0 Å². The summed E-state index contributed by atoms with van der Waals surface area (Å²) in [6.07, 6.45) is 1.54. The van der Waals surface area contributed by atoms with E-state index in [-0.39, 0.29) is 5.95 Å². The van der Waals surface area contributed by atoms with E-state index in [4.69, 9.17) is 9.63 Å². The van der Waals surface area contributed by atoms with Gasteiger partial charge in [0.25, 0.3) is 5.95 Å². The van der Waals surface area contributed by atoms with Gasteiger partial charge in [0, 0.05) is 6.08 Å². The summed E-state index contributed by atoms with van der Waals surface area (Å²) in [5, 5.41) is 0. The first-order chi connectivity index (χ1) is 6.72. The molecule has 1 rings (SSSR count). The number of benzene rings is 1. The van der Waals surface area contributed by atoms with Crippen molar-refractivity contribution in [3.05, 3.63) is 41.8 Å². The minimum atomic E-state index is -3.01. The van der Waals surface area contributed by atoms with Gasteiger partial charge in [-0.3, -0.25) is 0 Å². The van der Waals surface area contributed by atoms with Gasteiger partial charge in [0.1, 0.15) is 0 Å². The molecule has 0 spiro atoms. The zero-order chi connectivity index (χ0) is 10.4. The van der Waals surface area contributed by atoms with Crippen molar-refractivity contribution in [1.29, 1.82) is 0 Å². The van der Waals surface area contributed by atoms with Crippen molar-refractivity contribution in [3.63, 3.8) is 0 Å². The van der Waals surface area contributed by atoms with Gasteiger partial charge >= 0.3 is 8.25 Å². The van der Waals surface area contributed by atoms with Crippen LogP contribution in [0.4, 0.5) is 0 Å². The van der Waals surface area contributed by atoms with E-state index in [0.29, 0.717) is 0 Å². The first kappa shape index (κ1) is 10.8. The fourth-order valence-corrected chi connectivity index (χ4v) is 1.22. The average molecular weight is 214 g/mol. The maximum absolute atomic E-state index is 10.4. The Morgan fingerprint density at radius 2 is 2.07 bits per heavy atom. The van der Waals surface area contributed by atoms with Gasteiger partial charge in [-0.15, -0.1) is 0 Å². The summed E-state index contributed by atoms with van der Waals surface area (Å²) in [4.78, 5) is 8.54. The Balaban J connectivity index is 2.78. The van der Waals surface area contributed by atoms with Crippen molar-refractivity contribution in [2.24, 2.45) is 0 Å². The van der Waals surface area contributed by atoms with E-state index >= 15 is 0 Å². The van der Waals surface area contributed by atoms with E-state index < -0.39 is 8.25 Å². The van der Waals surface area contributed by atoms with Gasteiger partial charge in [-0.25, -0.2) is 4.57 Å². The predicted octanol–water partition coefficient (Wildman–Crippen LogP) is 2.03. The van der Waals surface area contributed by atoms with Gasteiger partial charge in [-0.05, 0) is 5.56 Å². The molecule has 0 radical (unpaired) electrons. The minimum Gasteiger partial charge on any atom is -0.469 e. The second-order valence-electron chi connectivity index (χ2n) is 2.45. The molecule has 0 amide bonds. The lowest BCUT2D eigenvalue weighted by molar-refractivity contribution is 0.151.